The first-order valence-electron chi connectivity index (χ1n) is 10.6. The van der Waals surface area contributed by atoms with Gasteiger partial charge in [-0.05, 0) is 51.3 Å². The highest BCUT2D eigenvalue weighted by Gasteiger charge is 2.28. The monoisotopic (exact) mass is 394 g/mol. The van der Waals surface area contributed by atoms with Crippen LogP contribution in [0.5, 0.6) is 0 Å². The van der Waals surface area contributed by atoms with Gasteiger partial charge in [0.25, 0.3) is 5.91 Å². The van der Waals surface area contributed by atoms with Crippen LogP contribution in [0.1, 0.15) is 41.0 Å². The zero-order valence-corrected chi connectivity index (χ0v) is 17.4. The molecule has 154 valence electrons. The number of hydrogen-bond donors (Lipinski definition) is 0. The maximum Gasteiger partial charge on any atom is 0.254 e. The number of anilines is 1. The molecule has 4 rings (SSSR count). The average Bonchev–Trinajstić information content (AvgIpc) is 3.00. The first kappa shape index (κ1) is 19.8. The smallest absolute Gasteiger partial charge is 0.254 e. The lowest BCUT2D eigenvalue weighted by Gasteiger charge is -2.38. The first-order chi connectivity index (χ1) is 14.1. The SMILES string of the molecule is Cc1cc(C)nc(N2CCC(N3CCCN(C(=O)c4ccncc4)CC3)CC2)n1. The maximum absolute atomic E-state index is 12.7. The highest BCUT2D eigenvalue weighted by atomic mass is 16.2. The number of aromatic nitrogens is 3. The van der Waals surface area contributed by atoms with Gasteiger partial charge in [0.15, 0.2) is 0 Å². The van der Waals surface area contributed by atoms with Crippen molar-refractivity contribution < 1.29 is 4.79 Å². The Labute approximate surface area is 172 Å². The number of carbonyl (C=O) groups excluding carboxylic acids is 1. The predicted octanol–water partition coefficient (Wildman–Crippen LogP) is 2.31. The number of piperidine rings is 1. The minimum absolute atomic E-state index is 0.121. The number of rotatable bonds is 3. The van der Waals surface area contributed by atoms with Crippen molar-refractivity contribution in [2.45, 2.75) is 39.2 Å². The van der Waals surface area contributed by atoms with Crippen LogP contribution in [0, 0.1) is 13.8 Å². The Morgan fingerprint density at radius 3 is 2.31 bits per heavy atom. The fourth-order valence-corrected chi connectivity index (χ4v) is 4.46. The molecule has 29 heavy (non-hydrogen) atoms. The molecule has 2 aliphatic heterocycles. The van der Waals surface area contributed by atoms with Gasteiger partial charge in [-0.1, -0.05) is 0 Å². The van der Waals surface area contributed by atoms with Crippen LogP contribution in [0.3, 0.4) is 0 Å². The van der Waals surface area contributed by atoms with Crippen LogP contribution < -0.4 is 4.90 Å². The number of hydrogen-bond acceptors (Lipinski definition) is 6. The molecule has 0 aromatic carbocycles. The molecule has 0 atom stereocenters. The Bertz CT molecular complexity index is 814. The van der Waals surface area contributed by atoms with Gasteiger partial charge in [-0.15, -0.1) is 0 Å². The van der Waals surface area contributed by atoms with Crippen LogP contribution in [0.2, 0.25) is 0 Å². The summed E-state index contributed by atoms with van der Waals surface area (Å²) in [6.07, 6.45) is 6.63. The molecule has 0 radical (unpaired) electrons. The van der Waals surface area contributed by atoms with E-state index in [1.54, 1.807) is 24.5 Å². The number of pyridine rings is 1. The van der Waals surface area contributed by atoms with Gasteiger partial charge >= 0.3 is 0 Å². The predicted molar refractivity (Wildman–Crippen MR) is 113 cm³/mol. The van der Waals surface area contributed by atoms with Crippen molar-refractivity contribution in [3.05, 3.63) is 47.5 Å². The molecule has 2 aromatic rings. The van der Waals surface area contributed by atoms with Gasteiger partial charge in [0.1, 0.15) is 0 Å². The van der Waals surface area contributed by atoms with Crippen LogP contribution in [0.4, 0.5) is 5.95 Å². The van der Waals surface area contributed by atoms with E-state index in [1.807, 2.05) is 24.8 Å². The normalized spacial score (nSPS) is 19.2. The van der Waals surface area contributed by atoms with Gasteiger partial charge in [-0.2, -0.15) is 0 Å². The summed E-state index contributed by atoms with van der Waals surface area (Å²) in [4.78, 5) is 32.9. The van der Waals surface area contributed by atoms with Gasteiger partial charge in [0.2, 0.25) is 5.95 Å². The quantitative estimate of drug-likeness (QED) is 0.796. The maximum atomic E-state index is 12.7. The molecule has 1 amide bonds. The fraction of sp³-hybridized carbons (Fsp3) is 0.545. The molecule has 4 heterocycles. The molecule has 0 bridgehead atoms. The number of carbonyl (C=O) groups is 1. The second kappa shape index (κ2) is 8.86. The van der Waals surface area contributed by atoms with Gasteiger partial charge < -0.3 is 9.80 Å². The summed E-state index contributed by atoms with van der Waals surface area (Å²) in [5.41, 5.74) is 2.79. The van der Waals surface area contributed by atoms with Crippen LogP contribution >= 0.6 is 0 Å². The summed E-state index contributed by atoms with van der Waals surface area (Å²) in [7, 11) is 0. The molecule has 2 aromatic heterocycles. The van der Waals surface area contributed by atoms with Crippen molar-refractivity contribution in [1.82, 2.24) is 24.8 Å². The third-order valence-electron chi connectivity index (χ3n) is 5.98. The lowest BCUT2D eigenvalue weighted by atomic mass is 10.0. The third-order valence-corrected chi connectivity index (χ3v) is 5.98. The summed E-state index contributed by atoms with van der Waals surface area (Å²) in [5.74, 6) is 0.988. The average molecular weight is 395 g/mol. The Morgan fingerprint density at radius 1 is 0.931 bits per heavy atom. The van der Waals surface area contributed by atoms with E-state index >= 15 is 0 Å². The summed E-state index contributed by atoms with van der Waals surface area (Å²) >= 11 is 0. The first-order valence-corrected chi connectivity index (χ1v) is 10.6. The molecule has 0 spiro atoms. The van der Waals surface area contributed by atoms with Crippen LogP contribution in [0.25, 0.3) is 0 Å². The molecule has 7 nitrogen and oxygen atoms in total. The van der Waals surface area contributed by atoms with Crippen molar-refractivity contribution in [2.24, 2.45) is 0 Å². The summed E-state index contributed by atoms with van der Waals surface area (Å²) in [6.45, 7) is 9.66. The lowest BCUT2D eigenvalue weighted by molar-refractivity contribution is 0.0756. The minimum Gasteiger partial charge on any atom is -0.341 e. The molecular weight excluding hydrogens is 364 g/mol. The van der Waals surface area contributed by atoms with Crippen LogP contribution in [0.15, 0.2) is 30.6 Å². The van der Waals surface area contributed by atoms with Gasteiger partial charge in [0.05, 0.1) is 0 Å². The van der Waals surface area contributed by atoms with Crippen LogP contribution in [-0.4, -0.2) is 76.0 Å². The molecule has 0 aliphatic carbocycles. The van der Waals surface area contributed by atoms with E-state index in [-0.39, 0.29) is 5.91 Å². The second-order valence-corrected chi connectivity index (χ2v) is 8.09. The van der Waals surface area contributed by atoms with Gasteiger partial charge in [0, 0.05) is 74.7 Å². The molecule has 7 heteroatoms. The number of nitrogens with zero attached hydrogens (tertiary/aromatic N) is 6. The van der Waals surface area contributed by atoms with Crippen molar-refractivity contribution >= 4 is 11.9 Å². The molecule has 0 unspecified atom stereocenters. The fourth-order valence-electron chi connectivity index (χ4n) is 4.46. The van der Waals surface area contributed by atoms with Crippen molar-refractivity contribution in [1.29, 1.82) is 0 Å². The third kappa shape index (κ3) is 4.72. The molecule has 2 saturated heterocycles. The Morgan fingerprint density at radius 2 is 1.62 bits per heavy atom. The van der Waals surface area contributed by atoms with Crippen LogP contribution in [-0.2, 0) is 0 Å². The Kier molecular flexibility index (Phi) is 6.04. The van der Waals surface area contributed by atoms with Crippen molar-refractivity contribution in [3.63, 3.8) is 0 Å². The van der Waals surface area contributed by atoms with Gasteiger partial charge in [-0.3, -0.25) is 14.7 Å². The highest BCUT2D eigenvalue weighted by molar-refractivity contribution is 5.94. The summed E-state index contributed by atoms with van der Waals surface area (Å²) < 4.78 is 0. The largest absolute Gasteiger partial charge is 0.341 e. The number of aryl methyl sites for hydroxylation is 2. The highest BCUT2D eigenvalue weighted by Crippen LogP contribution is 2.22. The molecule has 0 saturated carbocycles. The standard InChI is InChI=1S/C22H30N6O/c1-17-16-18(2)25-22(24-17)28-12-6-20(7-13-28)26-10-3-11-27(15-14-26)21(29)19-4-8-23-9-5-19/h4-5,8-9,16,20H,3,6-7,10-15H2,1-2H3. The van der Waals surface area contributed by atoms with E-state index < -0.39 is 0 Å². The van der Waals surface area contributed by atoms with E-state index in [0.29, 0.717) is 6.04 Å². The molecule has 2 aliphatic rings. The number of amides is 1. The Balaban J connectivity index is 1.32. The lowest BCUT2D eigenvalue weighted by Crippen LogP contribution is -2.46. The zero-order valence-electron chi connectivity index (χ0n) is 17.4. The molecular formula is C22H30N6O. The van der Waals surface area contributed by atoms with Crippen molar-refractivity contribution in [2.75, 3.05) is 44.2 Å². The van der Waals surface area contributed by atoms with E-state index in [1.165, 1.54) is 0 Å². The Hall–Kier alpha value is -2.54. The van der Waals surface area contributed by atoms with E-state index in [2.05, 4.69) is 24.8 Å². The van der Waals surface area contributed by atoms with Gasteiger partial charge in [-0.25, -0.2) is 9.97 Å². The van der Waals surface area contributed by atoms with E-state index in [0.717, 1.165) is 81.4 Å². The minimum atomic E-state index is 0.121. The van der Waals surface area contributed by atoms with Crippen molar-refractivity contribution in [3.8, 4) is 0 Å². The summed E-state index contributed by atoms with van der Waals surface area (Å²) in [5, 5.41) is 0. The second-order valence-electron chi connectivity index (χ2n) is 8.09. The van der Waals surface area contributed by atoms with E-state index in [9.17, 15) is 4.79 Å². The van der Waals surface area contributed by atoms with E-state index in [4.69, 9.17) is 0 Å². The topological polar surface area (TPSA) is 65.5 Å². The molecule has 0 N–H and O–H groups in total. The molecule has 2 fully saturated rings. The zero-order chi connectivity index (χ0) is 20.2. The summed E-state index contributed by atoms with van der Waals surface area (Å²) in [6, 6.07) is 6.20.